The Kier molecular flexibility index (Phi) is 7.04. The Hall–Kier alpha value is -6.88. The predicted molar refractivity (Wildman–Crippen MR) is 229 cm³/mol. The maximum atomic E-state index is 6.65. The zero-order chi connectivity index (χ0) is 35.6. The van der Waals surface area contributed by atoms with E-state index in [2.05, 4.69) is 198 Å². The van der Waals surface area contributed by atoms with Gasteiger partial charge in [-0.05, 0) is 82.9 Å². The molecule has 0 radical (unpaired) electrons. The van der Waals surface area contributed by atoms with E-state index in [1.54, 1.807) is 0 Å². The Morgan fingerprint density at radius 2 is 1.13 bits per heavy atom. The van der Waals surface area contributed by atoms with Crippen LogP contribution in [0.3, 0.4) is 0 Å². The van der Waals surface area contributed by atoms with Crippen LogP contribution in [0, 0.1) is 0 Å². The third-order valence-electron chi connectivity index (χ3n) is 10.6. The average molecular weight is 709 g/mol. The molecule has 0 N–H and O–H groups in total. The molecule has 254 valence electrons. The number of anilines is 3. The number of para-hydroxylation sites is 2. The second-order valence-corrected chi connectivity index (χ2v) is 14.8. The van der Waals surface area contributed by atoms with Gasteiger partial charge in [-0.2, -0.15) is 0 Å². The summed E-state index contributed by atoms with van der Waals surface area (Å²) in [7, 11) is 0. The Morgan fingerprint density at radius 3 is 1.98 bits per heavy atom. The van der Waals surface area contributed by atoms with Crippen LogP contribution in [0.5, 0.6) is 0 Å². The molecular weight excluding hydrogens is 677 g/mol. The largest absolute Gasteiger partial charge is 0.439 e. The van der Waals surface area contributed by atoms with E-state index in [9.17, 15) is 0 Å². The van der Waals surface area contributed by atoms with Crippen LogP contribution in [0.15, 0.2) is 199 Å². The summed E-state index contributed by atoms with van der Waals surface area (Å²) in [6, 6.07) is 69.6. The molecule has 4 heteroatoms. The van der Waals surface area contributed by atoms with Crippen LogP contribution in [0.25, 0.3) is 81.1 Å². The van der Waals surface area contributed by atoms with Gasteiger partial charge in [0.25, 0.3) is 0 Å². The van der Waals surface area contributed by atoms with Gasteiger partial charge in [0.1, 0.15) is 5.58 Å². The lowest BCUT2D eigenvalue weighted by Crippen LogP contribution is -2.10. The molecule has 0 unspecified atom stereocenters. The quantitative estimate of drug-likeness (QED) is 0.171. The topological polar surface area (TPSA) is 21.3 Å². The van der Waals surface area contributed by atoms with Gasteiger partial charge >= 0.3 is 0 Å². The van der Waals surface area contributed by atoms with Gasteiger partial charge in [-0.1, -0.05) is 133 Å². The van der Waals surface area contributed by atoms with Crippen molar-refractivity contribution in [3.8, 4) is 27.9 Å². The van der Waals surface area contributed by atoms with E-state index in [1.165, 1.54) is 42.2 Å². The van der Waals surface area contributed by atoms with Crippen molar-refractivity contribution in [1.29, 1.82) is 0 Å². The first-order valence-electron chi connectivity index (χ1n) is 18.3. The lowest BCUT2D eigenvalue weighted by molar-refractivity contribution is 0.645. The summed E-state index contributed by atoms with van der Waals surface area (Å²) in [5.74, 6) is 0. The lowest BCUT2D eigenvalue weighted by atomic mass is 9.98. The molecule has 0 saturated carbocycles. The molecule has 3 nitrogen and oxygen atoms in total. The highest BCUT2D eigenvalue weighted by Gasteiger charge is 2.23. The van der Waals surface area contributed by atoms with E-state index in [0.29, 0.717) is 0 Å². The van der Waals surface area contributed by atoms with Crippen molar-refractivity contribution >= 4 is 81.5 Å². The van der Waals surface area contributed by atoms with E-state index >= 15 is 0 Å². The Balaban J connectivity index is 1.15. The summed E-state index contributed by atoms with van der Waals surface area (Å²) in [5, 5.41) is 6.00. The molecule has 0 saturated heterocycles. The van der Waals surface area contributed by atoms with Crippen LogP contribution in [-0.2, 0) is 0 Å². The second kappa shape index (κ2) is 12.4. The number of hydrogen-bond donors (Lipinski definition) is 0. The SMILES string of the molecule is c1ccc(-c2ccc(N(c3cccc(-c4cccc5c4c4c6ccccc6oc4n5-c4ccccc4)c3)c3cccc4c3sc3ccccc34)cc2)cc1. The molecule has 0 aliphatic heterocycles. The molecular formula is C50H32N2OS. The summed E-state index contributed by atoms with van der Waals surface area (Å²) in [4.78, 5) is 2.42. The smallest absolute Gasteiger partial charge is 0.213 e. The average Bonchev–Trinajstić information content (AvgIpc) is 3.91. The normalized spacial score (nSPS) is 11.7. The highest BCUT2D eigenvalue weighted by atomic mass is 32.1. The molecule has 3 heterocycles. The zero-order valence-electron chi connectivity index (χ0n) is 29.2. The van der Waals surface area contributed by atoms with Crippen molar-refractivity contribution < 1.29 is 4.42 Å². The molecule has 0 aliphatic rings. The number of fused-ring (bicyclic) bond motifs is 8. The third kappa shape index (κ3) is 4.81. The molecule has 11 rings (SSSR count). The number of hydrogen-bond acceptors (Lipinski definition) is 3. The van der Waals surface area contributed by atoms with Gasteiger partial charge in [0.05, 0.1) is 21.3 Å². The summed E-state index contributed by atoms with van der Waals surface area (Å²) >= 11 is 1.86. The van der Waals surface area contributed by atoms with E-state index in [1.807, 2.05) is 17.4 Å². The van der Waals surface area contributed by atoms with Gasteiger partial charge in [-0.15, -0.1) is 11.3 Å². The van der Waals surface area contributed by atoms with Gasteiger partial charge in [0, 0.05) is 43.3 Å². The highest BCUT2D eigenvalue weighted by Crippen LogP contribution is 2.47. The fourth-order valence-electron chi connectivity index (χ4n) is 8.19. The first-order chi connectivity index (χ1) is 26.8. The molecule has 3 aromatic heterocycles. The number of thiophene rings is 1. The van der Waals surface area contributed by atoms with Gasteiger partial charge in [0.2, 0.25) is 5.71 Å². The van der Waals surface area contributed by atoms with Crippen LogP contribution in [0.4, 0.5) is 17.1 Å². The van der Waals surface area contributed by atoms with E-state index in [-0.39, 0.29) is 0 Å². The molecule has 8 aromatic carbocycles. The van der Waals surface area contributed by atoms with Crippen molar-refractivity contribution in [2.75, 3.05) is 4.90 Å². The standard InChI is InChI=1S/C50H32N2OS/c1-3-14-33(15-4-1)34-28-30-37(31-29-34)51(44-25-13-23-41-40-20-8-10-27-46(40)54-49(41)44)38-19-11-16-35(32-38)39-22-12-24-43-47(39)48-42-21-7-9-26-45(42)53-50(48)52(43)36-17-5-2-6-18-36/h1-32H. The molecule has 0 amide bonds. The van der Waals surface area contributed by atoms with Crippen LogP contribution >= 0.6 is 11.3 Å². The van der Waals surface area contributed by atoms with Gasteiger partial charge < -0.3 is 9.32 Å². The minimum Gasteiger partial charge on any atom is -0.439 e. The summed E-state index contributed by atoms with van der Waals surface area (Å²) in [6.45, 7) is 0. The van der Waals surface area contributed by atoms with Crippen molar-refractivity contribution in [1.82, 2.24) is 4.57 Å². The Morgan fingerprint density at radius 1 is 0.463 bits per heavy atom. The van der Waals surface area contributed by atoms with Crippen LogP contribution in [0.2, 0.25) is 0 Å². The Labute approximate surface area is 316 Å². The molecule has 0 bridgehead atoms. The van der Waals surface area contributed by atoms with Crippen LogP contribution < -0.4 is 4.90 Å². The van der Waals surface area contributed by atoms with Crippen molar-refractivity contribution in [3.05, 3.63) is 194 Å². The third-order valence-corrected chi connectivity index (χ3v) is 11.8. The first-order valence-corrected chi connectivity index (χ1v) is 19.1. The molecule has 11 aromatic rings. The minimum absolute atomic E-state index is 0.859. The van der Waals surface area contributed by atoms with Gasteiger partial charge in [-0.25, -0.2) is 0 Å². The predicted octanol–water partition coefficient (Wildman–Crippen LogP) is 14.7. The molecule has 0 atom stereocenters. The molecule has 0 spiro atoms. The van der Waals surface area contributed by atoms with Crippen molar-refractivity contribution in [3.63, 3.8) is 0 Å². The number of aromatic nitrogens is 1. The molecule has 54 heavy (non-hydrogen) atoms. The van der Waals surface area contributed by atoms with E-state index in [4.69, 9.17) is 4.42 Å². The fourth-order valence-corrected chi connectivity index (χ4v) is 9.39. The number of benzene rings is 8. The minimum atomic E-state index is 0.859. The summed E-state index contributed by atoms with van der Waals surface area (Å²) in [6.07, 6.45) is 0. The fraction of sp³-hybridized carbons (Fsp3) is 0. The zero-order valence-corrected chi connectivity index (χ0v) is 30.0. The highest BCUT2D eigenvalue weighted by molar-refractivity contribution is 7.26. The number of furan rings is 1. The number of rotatable bonds is 6. The monoisotopic (exact) mass is 708 g/mol. The lowest BCUT2D eigenvalue weighted by Gasteiger charge is -2.27. The van der Waals surface area contributed by atoms with E-state index < -0.39 is 0 Å². The van der Waals surface area contributed by atoms with Crippen molar-refractivity contribution in [2.24, 2.45) is 0 Å². The maximum Gasteiger partial charge on any atom is 0.213 e. The summed E-state index contributed by atoms with van der Waals surface area (Å²) in [5.41, 5.74) is 12.0. The molecule has 0 aliphatic carbocycles. The Bertz CT molecular complexity index is 3150. The van der Waals surface area contributed by atoms with Gasteiger partial charge in [0.15, 0.2) is 0 Å². The maximum absolute atomic E-state index is 6.65. The van der Waals surface area contributed by atoms with E-state index in [0.717, 1.165) is 55.9 Å². The van der Waals surface area contributed by atoms with Gasteiger partial charge in [-0.3, -0.25) is 4.57 Å². The summed E-state index contributed by atoms with van der Waals surface area (Å²) < 4.78 is 11.5. The van der Waals surface area contributed by atoms with Crippen LogP contribution in [0.1, 0.15) is 0 Å². The molecule has 0 fully saturated rings. The second-order valence-electron chi connectivity index (χ2n) is 13.7. The number of nitrogens with zero attached hydrogens (tertiary/aromatic N) is 2. The van der Waals surface area contributed by atoms with Crippen molar-refractivity contribution in [2.45, 2.75) is 0 Å². The van der Waals surface area contributed by atoms with Crippen LogP contribution in [-0.4, -0.2) is 4.57 Å². The first kappa shape index (κ1) is 30.7.